The van der Waals surface area contributed by atoms with E-state index >= 15 is 0 Å². The van der Waals surface area contributed by atoms with Crippen molar-refractivity contribution in [3.8, 4) is 0 Å². The third kappa shape index (κ3) is 4.88. The van der Waals surface area contributed by atoms with Crippen molar-refractivity contribution in [2.24, 2.45) is 4.99 Å². The fourth-order valence-electron chi connectivity index (χ4n) is 4.51. The number of aliphatic imine (C=N–C) groups is 1. The van der Waals surface area contributed by atoms with Crippen LogP contribution >= 0.6 is 22.6 Å². The van der Waals surface area contributed by atoms with Gasteiger partial charge in [-0.15, -0.1) is 0 Å². The van der Waals surface area contributed by atoms with Crippen LogP contribution in [0.4, 0.5) is 11.4 Å². The molecule has 2 aliphatic rings. The number of nitrogens with zero attached hydrogens (tertiary/aromatic N) is 4. The molecule has 3 aromatic carbocycles. The van der Waals surface area contributed by atoms with Crippen molar-refractivity contribution < 1.29 is 4.79 Å². The average Bonchev–Trinajstić information content (AvgIpc) is 3.08. The topological polar surface area (TPSA) is 39.2 Å². The molecular weight excluding hydrogens is 523 g/mol. The maximum absolute atomic E-state index is 13.5. The summed E-state index contributed by atoms with van der Waals surface area (Å²) in [5, 5.41) is 0. The van der Waals surface area contributed by atoms with Gasteiger partial charge in [-0.2, -0.15) is 0 Å². The number of para-hydroxylation sites is 1. The number of piperazine rings is 1. The predicted octanol–water partition coefficient (Wildman–Crippen LogP) is 4.84. The molecule has 0 bridgehead atoms. The van der Waals surface area contributed by atoms with Gasteiger partial charge < -0.3 is 0 Å². The van der Waals surface area contributed by atoms with E-state index in [1.165, 1.54) is 9.13 Å². The van der Waals surface area contributed by atoms with Crippen molar-refractivity contribution in [2.75, 3.05) is 37.7 Å². The highest BCUT2D eigenvalue weighted by Crippen LogP contribution is 2.32. The molecular formula is C27H27IN4O. The fraction of sp³-hybridized carbons (Fsp3) is 0.259. The van der Waals surface area contributed by atoms with E-state index in [2.05, 4.69) is 68.8 Å². The zero-order valence-electron chi connectivity index (χ0n) is 18.7. The largest absolute Gasteiger partial charge is 0.297 e. The molecule has 0 aliphatic carbocycles. The number of aryl methyl sites for hydroxylation is 1. The first kappa shape index (κ1) is 22.3. The Balaban J connectivity index is 1.30. The molecule has 5 nitrogen and oxygen atoms in total. The standard InChI is InChI=1S/C27H27IN4O/c1-20-17-22(28)11-12-24(20)29-26-23-9-5-6-10-25(23)32(27(26)33)19-31-15-13-30(14-16-31)18-21-7-3-2-4-8-21/h2-12,17H,13-16,18-19H2,1H3. The molecule has 5 rings (SSSR count). The summed E-state index contributed by atoms with van der Waals surface area (Å²) in [5.74, 6) is -0.0131. The number of hydrogen-bond acceptors (Lipinski definition) is 4. The van der Waals surface area contributed by atoms with E-state index in [0.717, 1.165) is 55.2 Å². The molecule has 1 saturated heterocycles. The van der Waals surface area contributed by atoms with Gasteiger partial charge in [0.15, 0.2) is 0 Å². The van der Waals surface area contributed by atoms with Crippen LogP contribution in [0.25, 0.3) is 0 Å². The summed E-state index contributed by atoms with van der Waals surface area (Å²) in [6.45, 7) is 7.51. The summed E-state index contributed by atoms with van der Waals surface area (Å²) in [5.41, 5.74) is 5.69. The lowest BCUT2D eigenvalue weighted by Crippen LogP contribution is -2.50. The normalized spacial score (nSPS) is 18.2. The predicted molar refractivity (Wildman–Crippen MR) is 142 cm³/mol. The highest BCUT2D eigenvalue weighted by molar-refractivity contribution is 14.1. The van der Waals surface area contributed by atoms with Crippen molar-refractivity contribution in [1.29, 1.82) is 0 Å². The summed E-state index contributed by atoms with van der Waals surface area (Å²) in [6.07, 6.45) is 0. The van der Waals surface area contributed by atoms with Crippen molar-refractivity contribution in [3.63, 3.8) is 0 Å². The van der Waals surface area contributed by atoms with Crippen molar-refractivity contribution in [1.82, 2.24) is 9.80 Å². The lowest BCUT2D eigenvalue weighted by molar-refractivity contribution is -0.112. The Hall–Kier alpha value is -2.55. The van der Waals surface area contributed by atoms with E-state index in [1.807, 2.05) is 48.2 Å². The van der Waals surface area contributed by atoms with Crippen LogP contribution in [0.3, 0.4) is 0 Å². The first-order valence-electron chi connectivity index (χ1n) is 11.3. The number of anilines is 1. The summed E-state index contributed by atoms with van der Waals surface area (Å²) < 4.78 is 1.17. The zero-order valence-corrected chi connectivity index (χ0v) is 20.9. The van der Waals surface area contributed by atoms with Gasteiger partial charge in [-0.1, -0.05) is 48.5 Å². The number of rotatable bonds is 5. The Labute approximate surface area is 208 Å². The number of halogens is 1. The van der Waals surface area contributed by atoms with Crippen LogP contribution in [0, 0.1) is 10.5 Å². The van der Waals surface area contributed by atoms with E-state index in [4.69, 9.17) is 4.99 Å². The van der Waals surface area contributed by atoms with Crippen molar-refractivity contribution in [3.05, 3.63) is 93.1 Å². The Kier molecular flexibility index (Phi) is 6.57. The summed E-state index contributed by atoms with van der Waals surface area (Å²) >= 11 is 2.30. The molecule has 3 aromatic rings. The molecule has 0 N–H and O–H groups in total. The molecule has 168 valence electrons. The van der Waals surface area contributed by atoms with Gasteiger partial charge in [0.1, 0.15) is 5.71 Å². The van der Waals surface area contributed by atoms with Crippen molar-refractivity contribution in [2.45, 2.75) is 13.5 Å². The van der Waals surface area contributed by atoms with E-state index in [-0.39, 0.29) is 5.91 Å². The number of carbonyl (C=O) groups excluding carboxylic acids is 1. The Morgan fingerprint density at radius 2 is 1.58 bits per heavy atom. The number of fused-ring (bicyclic) bond motifs is 1. The van der Waals surface area contributed by atoms with Crippen LogP contribution in [0.5, 0.6) is 0 Å². The molecule has 0 aromatic heterocycles. The van der Waals surface area contributed by atoms with Crippen LogP contribution in [-0.2, 0) is 11.3 Å². The van der Waals surface area contributed by atoms with E-state index in [9.17, 15) is 4.79 Å². The number of benzene rings is 3. The molecule has 0 unspecified atom stereocenters. The van der Waals surface area contributed by atoms with Gasteiger partial charge in [-0.25, -0.2) is 4.99 Å². The molecule has 0 saturated carbocycles. The average molecular weight is 550 g/mol. The maximum Gasteiger partial charge on any atom is 0.278 e. The number of hydrogen-bond donors (Lipinski definition) is 0. The molecule has 6 heteroatoms. The lowest BCUT2D eigenvalue weighted by Gasteiger charge is -2.36. The van der Waals surface area contributed by atoms with Gasteiger partial charge >= 0.3 is 0 Å². The van der Waals surface area contributed by atoms with Gasteiger partial charge in [-0.05, 0) is 64.9 Å². The minimum Gasteiger partial charge on any atom is -0.297 e. The maximum atomic E-state index is 13.5. The summed E-state index contributed by atoms with van der Waals surface area (Å²) in [7, 11) is 0. The first-order valence-corrected chi connectivity index (χ1v) is 12.4. The third-order valence-corrected chi connectivity index (χ3v) is 7.02. The van der Waals surface area contributed by atoms with E-state index in [0.29, 0.717) is 12.4 Å². The molecule has 1 amide bonds. The van der Waals surface area contributed by atoms with Crippen LogP contribution in [0.15, 0.2) is 77.8 Å². The second kappa shape index (κ2) is 9.75. The Bertz CT molecular complexity index is 1190. The second-order valence-corrected chi connectivity index (χ2v) is 9.91. The molecule has 2 heterocycles. The van der Waals surface area contributed by atoms with Gasteiger partial charge in [0.25, 0.3) is 5.91 Å². The third-order valence-electron chi connectivity index (χ3n) is 6.34. The molecule has 0 radical (unpaired) electrons. The van der Waals surface area contributed by atoms with E-state index in [1.54, 1.807) is 0 Å². The van der Waals surface area contributed by atoms with Gasteiger partial charge in [0.05, 0.1) is 18.0 Å². The zero-order chi connectivity index (χ0) is 22.8. The Morgan fingerprint density at radius 1 is 0.879 bits per heavy atom. The smallest absolute Gasteiger partial charge is 0.278 e. The lowest BCUT2D eigenvalue weighted by atomic mass is 10.1. The SMILES string of the molecule is Cc1cc(I)ccc1N=C1C(=O)N(CN2CCN(Cc3ccccc3)CC2)c2ccccc21. The molecule has 2 aliphatic heterocycles. The molecule has 33 heavy (non-hydrogen) atoms. The fourth-order valence-corrected chi connectivity index (χ4v) is 5.15. The first-order chi connectivity index (χ1) is 16.1. The molecule has 0 atom stereocenters. The monoisotopic (exact) mass is 550 g/mol. The van der Waals surface area contributed by atoms with E-state index < -0.39 is 0 Å². The van der Waals surface area contributed by atoms with Gasteiger partial charge in [-0.3, -0.25) is 19.5 Å². The second-order valence-electron chi connectivity index (χ2n) is 8.66. The van der Waals surface area contributed by atoms with Gasteiger partial charge in [0.2, 0.25) is 0 Å². The van der Waals surface area contributed by atoms with Crippen LogP contribution < -0.4 is 4.90 Å². The van der Waals surface area contributed by atoms with Crippen LogP contribution in [0.2, 0.25) is 0 Å². The highest BCUT2D eigenvalue weighted by Gasteiger charge is 2.35. The van der Waals surface area contributed by atoms with Crippen molar-refractivity contribution >= 4 is 45.6 Å². The summed E-state index contributed by atoms with van der Waals surface area (Å²) in [6, 6.07) is 24.8. The van der Waals surface area contributed by atoms with Crippen LogP contribution in [0.1, 0.15) is 16.7 Å². The number of amides is 1. The Morgan fingerprint density at radius 3 is 2.33 bits per heavy atom. The summed E-state index contributed by atoms with van der Waals surface area (Å²) in [4.78, 5) is 25.0. The molecule has 1 fully saturated rings. The highest BCUT2D eigenvalue weighted by atomic mass is 127. The molecule has 0 spiro atoms. The minimum atomic E-state index is -0.0131. The minimum absolute atomic E-state index is 0.0131. The quantitative estimate of drug-likeness (QED) is 0.427. The number of carbonyl (C=O) groups is 1. The van der Waals surface area contributed by atoms with Gasteiger partial charge in [0, 0.05) is 41.9 Å². The van der Waals surface area contributed by atoms with Crippen LogP contribution in [-0.4, -0.2) is 54.3 Å².